The Kier molecular flexibility index (Phi) is 5.29. The van der Waals surface area contributed by atoms with Gasteiger partial charge in [0.15, 0.2) is 0 Å². The second kappa shape index (κ2) is 6.78. The lowest BCUT2D eigenvalue weighted by Gasteiger charge is -2.37. The van der Waals surface area contributed by atoms with Crippen LogP contribution >= 0.6 is 24.0 Å². The Morgan fingerprint density at radius 1 is 1.50 bits per heavy atom. The highest BCUT2D eigenvalue weighted by Gasteiger charge is 2.26. The van der Waals surface area contributed by atoms with E-state index in [0.717, 1.165) is 30.9 Å². The average Bonchev–Trinajstić information content (AvgIpc) is 2.38. The van der Waals surface area contributed by atoms with Gasteiger partial charge in [-0.05, 0) is 26.0 Å². The van der Waals surface area contributed by atoms with Crippen molar-refractivity contribution < 1.29 is 4.74 Å². The number of thiocarbonyl (C=S) groups is 1. The van der Waals surface area contributed by atoms with Crippen molar-refractivity contribution in [2.24, 2.45) is 5.73 Å². The monoisotopic (exact) mass is 310 g/mol. The molecular weight excluding hydrogens is 288 g/mol. The second-order valence-corrected chi connectivity index (χ2v) is 7.87. The van der Waals surface area contributed by atoms with Crippen LogP contribution in [0.15, 0.2) is 24.3 Å². The fraction of sp³-hybridized carbons (Fsp3) is 0.533. The van der Waals surface area contributed by atoms with Crippen molar-refractivity contribution in [3.05, 3.63) is 29.8 Å². The van der Waals surface area contributed by atoms with Crippen LogP contribution in [0.25, 0.3) is 0 Å². The molecule has 5 heteroatoms. The first-order valence-corrected chi connectivity index (χ1v) is 8.25. The molecule has 2 rings (SSSR count). The zero-order valence-corrected chi connectivity index (χ0v) is 13.7. The highest BCUT2D eigenvalue weighted by atomic mass is 32.2. The summed E-state index contributed by atoms with van der Waals surface area (Å²) in [6.07, 6.45) is 0. The molecule has 0 amide bonds. The number of nitrogens with zero attached hydrogens (tertiary/aromatic N) is 1. The van der Waals surface area contributed by atoms with E-state index in [0.29, 0.717) is 16.3 Å². The van der Waals surface area contributed by atoms with Gasteiger partial charge < -0.3 is 10.5 Å². The summed E-state index contributed by atoms with van der Waals surface area (Å²) < 4.78 is 6.16. The quantitative estimate of drug-likeness (QED) is 0.846. The van der Waals surface area contributed by atoms with Gasteiger partial charge in [0.1, 0.15) is 17.3 Å². The Morgan fingerprint density at radius 2 is 2.30 bits per heavy atom. The van der Waals surface area contributed by atoms with Crippen molar-refractivity contribution >= 4 is 29.0 Å². The Balaban J connectivity index is 1.81. The third-order valence-electron chi connectivity index (χ3n) is 3.30. The lowest BCUT2D eigenvalue weighted by molar-refractivity contribution is 0.202. The van der Waals surface area contributed by atoms with Crippen LogP contribution in [0.5, 0.6) is 5.75 Å². The highest BCUT2D eigenvalue weighted by molar-refractivity contribution is 8.00. The standard InChI is InChI=1S/C15H22N2OS2/c1-15(2)11-17(7-9-20-15)6-8-18-13-5-3-4-12(10-13)14(16)19/h3-5,10H,6-9,11H2,1-2H3,(H2,16,19). The van der Waals surface area contributed by atoms with Gasteiger partial charge in [0.2, 0.25) is 0 Å². The van der Waals surface area contributed by atoms with Gasteiger partial charge in [0, 0.05) is 35.7 Å². The Morgan fingerprint density at radius 3 is 3.00 bits per heavy atom. The van der Waals surface area contributed by atoms with Crippen molar-refractivity contribution in [3.63, 3.8) is 0 Å². The minimum Gasteiger partial charge on any atom is -0.492 e. The summed E-state index contributed by atoms with van der Waals surface area (Å²) in [6, 6.07) is 7.67. The molecule has 0 radical (unpaired) electrons. The molecule has 1 aliphatic rings. The fourth-order valence-electron chi connectivity index (χ4n) is 2.34. The van der Waals surface area contributed by atoms with E-state index in [9.17, 15) is 0 Å². The maximum absolute atomic E-state index is 5.80. The summed E-state index contributed by atoms with van der Waals surface area (Å²) in [5, 5.41) is 0. The van der Waals surface area contributed by atoms with E-state index in [1.165, 1.54) is 5.75 Å². The first-order valence-electron chi connectivity index (χ1n) is 6.85. The van der Waals surface area contributed by atoms with Crippen LogP contribution in [0.1, 0.15) is 19.4 Å². The summed E-state index contributed by atoms with van der Waals surface area (Å²) in [7, 11) is 0. The van der Waals surface area contributed by atoms with Crippen LogP contribution in [0.3, 0.4) is 0 Å². The van der Waals surface area contributed by atoms with Crippen LogP contribution in [0.2, 0.25) is 0 Å². The first kappa shape index (κ1) is 15.6. The molecule has 0 saturated carbocycles. The second-order valence-electron chi connectivity index (χ2n) is 5.62. The van der Waals surface area contributed by atoms with Gasteiger partial charge in [0.05, 0.1) is 0 Å². The fourth-order valence-corrected chi connectivity index (χ4v) is 3.64. The molecule has 0 bridgehead atoms. The maximum Gasteiger partial charge on any atom is 0.120 e. The first-order chi connectivity index (χ1) is 9.46. The molecule has 3 nitrogen and oxygen atoms in total. The number of hydrogen-bond donors (Lipinski definition) is 1. The molecule has 0 aromatic heterocycles. The lowest BCUT2D eigenvalue weighted by atomic mass is 10.2. The van der Waals surface area contributed by atoms with Gasteiger partial charge >= 0.3 is 0 Å². The molecule has 1 heterocycles. The van der Waals surface area contributed by atoms with Crippen LogP contribution in [-0.4, -0.2) is 46.6 Å². The molecule has 0 spiro atoms. The molecule has 1 aromatic carbocycles. The van der Waals surface area contributed by atoms with Crippen LogP contribution in [0, 0.1) is 0 Å². The average molecular weight is 310 g/mol. The van der Waals surface area contributed by atoms with Gasteiger partial charge in [-0.2, -0.15) is 11.8 Å². The lowest BCUT2D eigenvalue weighted by Crippen LogP contribution is -2.44. The third-order valence-corrected chi connectivity index (χ3v) is 4.83. The number of rotatable bonds is 5. The number of nitrogens with two attached hydrogens (primary N) is 1. The van der Waals surface area contributed by atoms with Crippen LogP contribution in [-0.2, 0) is 0 Å². The Bertz CT molecular complexity index is 477. The van der Waals surface area contributed by atoms with E-state index in [-0.39, 0.29) is 0 Å². The molecule has 1 fully saturated rings. The number of ether oxygens (including phenoxy) is 1. The molecule has 1 saturated heterocycles. The Hall–Kier alpha value is -0.780. The van der Waals surface area contributed by atoms with E-state index in [2.05, 4.69) is 18.7 Å². The molecule has 110 valence electrons. The van der Waals surface area contributed by atoms with Crippen molar-refractivity contribution in [3.8, 4) is 5.75 Å². The molecule has 0 unspecified atom stereocenters. The van der Waals surface area contributed by atoms with E-state index in [1.54, 1.807) is 0 Å². The predicted octanol–water partition coefficient (Wildman–Crippen LogP) is 2.53. The predicted molar refractivity (Wildman–Crippen MR) is 90.8 cm³/mol. The zero-order chi connectivity index (χ0) is 14.6. The summed E-state index contributed by atoms with van der Waals surface area (Å²) >= 11 is 7.02. The van der Waals surface area contributed by atoms with Gasteiger partial charge in [-0.3, -0.25) is 4.90 Å². The van der Waals surface area contributed by atoms with Gasteiger partial charge in [-0.1, -0.05) is 24.4 Å². The normalized spacial score (nSPS) is 18.7. The Labute approximate surface area is 130 Å². The molecule has 2 N–H and O–H groups in total. The minimum absolute atomic E-state index is 0.351. The number of benzene rings is 1. The summed E-state index contributed by atoms with van der Waals surface area (Å²) in [5.74, 6) is 2.03. The molecule has 1 aromatic rings. The molecular formula is C15H22N2OS2. The van der Waals surface area contributed by atoms with E-state index in [1.807, 2.05) is 36.0 Å². The zero-order valence-electron chi connectivity index (χ0n) is 12.1. The molecule has 1 aliphatic heterocycles. The SMILES string of the molecule is CC1(C)CN(CCOc2cccc(C(N)=S)c2)CCS1. The van der Waals surface area contributed by atoms with Crippen LogP contribution < -0.4 is 10.5 Å². The smallest absolute Gasteiger partial charge is 0.120 e. The van der Waals surface area contributed by atoms with E-state index < -0.39 is 0 Å². The van der Waals surface area contributed by atoms with Crippen molar-refractivity contribution in [1.29, 1.82) is 0 Å². The molecule has 20 heavy (non-hydrogen) atoms. The van der Waals surface area contributed by atoms with Gasteiger partial charge in [-0.25, -0.2) is 0 Å². The topological polar surface area (TPSA) is 38.5 Å². The summed E-state index contributed by atoms with van der Waals surface area (Å²) in [5.41, 5.74) is 6.48. The third kappa shape index (κ3) is 4.65. The number of thioether (sulfide) groups is 1. The largest absolute Gasteiger partial charge is 0.492 e. The van der Waals surface area contributed by atoms with Gasteiger partial charge in [0.25, 0.3) is 0 Å². The van der Waals surface area contributed by atoms with Gasteiger partial charge in [-0.15, -0.1) is 0 Å². The van der Waals surface area contributed by atoms with Crippen LogP contribution in [0.4, 0.5) is 0 Å². The van der Waals surface area contributed by atoms with E-state index >= 15 is 0 Å². The summed E-state index contributed by atoms with van der Waals surface area (Å²) in [6.45, 7) is 8.52. The molecule has 0 atom stereocenters. The summed E-state index contributed by atoms with van der Waals surface area (Å²) in [4.78, 5) is 2.87. The van der Waals surface area contributed by atoms with Crippen molar-refractivity contribution in [2.75, 3.05) is 32.0 Å². The van der Waals surface area contributed by atoms with E-state index in [4.69, 9.17) is 22.7 Å². The van der Waals surface area contributed by atoms with Crippen molar-refractivity contribution in [1.82, 2.24) is 4.90 Å². The highest BCUT2D eigenvalue weighted by Crippen LogP contribution is 2.29. The number of hydrogen-bond acceptors (Lipinski definition) is 4. The molecule has 0 aliphatic carbocycles. The van der Waals surface area contributed by atoms with Crippen molar-refractivity contribution in [2.45, 2.75) is 18.6 Å². The minimum atomic E-state index is 0.351. The maximum atomic E-state index is 5.80.